The molecule has 3 N–H and O–H groups in total. The van der Waals surface area contributed by atoms with Gasteiger partial charge >= 0.3 is 0 Å². The molecule has 0 fully saturated rings. The molecule has 0 radical (unpaired) electrons. The maximum atomic E-state index is 5.59. The van der Waals surface area contributed by atoms with Gasteiger partial charge in [0, 0.05) is 6.42 Å². The first-order chi connectivity index (χ1) is 7.29. The number of rotatable bonds is 4. The molecule has 80 valence electrons. The van der Waals surface area contributed by atoms with E-state index in [-0.39, 0.29) is 0 Å². The summed E-state index contributed by atoms with van der Waals surface area (Å²) in [5, 5.41) is 0. The Labute approximate surface area is 88.9 Å². The molecule has 0 saturated carbocycles. The summed E-state index contributed by atoms with van der Waals surface area (Å²) in [5.74, 6) is 1.53. The number of anilines is 1. The first kappa shape index (κ1) is 9.96. The van der Waals surface area contributed by atoms with Crippen molar-refractivity contribution in [3.8, 4) is 0 Å². The Hall–Kier alpha value is -1.58. The SMILES string of the molecule is CCCCCc1nc2nc(N)ccc2[nH]1. The number of unbranched alkanes of at least 4 members (excludes halogenated alkanes) is 2. The summed E-state index contributed by atoms with van der Waals surface area (Å²) < 4.78 is 0. The van der Waals surface area contributed by atoms with Crippen molar-refractivity contribution in [1.82, 2.24) is 15.0 Å². The Kier molecular flexibility index (Phi) is 2.85. The molecule has 0 spiro atoms. The minimum atomic E-state index is 0.522. The zero-order valence-electron chi connectivity index (χ0n) is 8.95. The molecule has 0 aromatic carbocycles. The van der Waals surface area contributed by atoms with Gasteiger partial charge in [0.05, 0.1) is 5.52 Å². The van der Waals surface area contributed by atoms with E-state index < -0.39 is 0 Å². The van der Waals surface area contributed by atoms with E-state index in [9.17, 15) is 0 Å². The van der Waals surface area contributed by atoms with E-state index in [1.165, 1.54) is 19.3 Å². The summed E-state index contributed by atoms with van der Waals surface area (Å²) >= 11 is 0. The normalized spacial score (nSPS) is 11.0. The average Bonchev–Trinajstić information content (AvgIpc) is 2.60. The van der Waals surface area contributed by atoms with Crippen molar-refractivity contribution in [2.24, 2.45) is 0 Å². The van der Waals surface area contributed by atoms with Crippen LogP contribution in [0.2, 0.25) is 0 Å². The van der Waals surface area contributed by atoms with Gasteiger partial charge in [-0.3, -0.25) is 0 Å². The molecule has 2 aromatic rings. The number of aryl methyl sites for hydroxylation is 1. The van der Waals surface area contributed by atoms with Crippen molar-refractivity contribution in [3.05, 3.63) is 18.0 Å². The van der Waals surface area contributed by atoms with E-state index in [1.807, 2.05) is 6.07 Å². The molecule has 4 nitrogen and oxygen atoms in total. The summed E-state index contributed by atoms with van der Waals surface area (Å²) in [7, 11) is 0. The average molecular weight is 204 g/mol. The number of pyridine rings is 1. The van der Waals surface area contributed by atoms with E-state index in [0.717, 1.165) is 23.4 Å². The van der Waals surface area contributed by atoms with E-state index in [0.29, 0.717) is 5.82 Å². The molecule has 0 bridgehead atoms. The van der Waals surface area contributed by atoms with Gasteiger partial charge in [-0.25, -0.2) is 9.97 Å². The minimum Gasteiger partial charge on any atom is -0.384 e. The zero-order valence-corrected chi connectivity index (χ0v) is 8.95. The third kappa shape index (κ3) is 2.26. The molecule has 0 unspecified atom stereocenters. The number of fused-ring (bicyclic) bond motifs is 1. The van der Waals surface area contributed by atoms with Crippen molar-refractivity contribution in [1.29, 1.82) is 0 Å². The van der Waals surface area contributed by atoms with E-state index in [2.05, 4.69) is 21.9 Å². The van der Waals surface area contributed by atoms with Gasteiger partial charge in [-0.2, -0.15) is 0 Å². The third-order valence-electron chi connectivity index (χ3n) is 2.43. The van der Waals surface area contributed by atoms with Crippen molar-refractivity contribution < 1.29 is 0 Å². The molecule has 15 heavy (non-hydrogen) atoms. The molecule has 2 heterocycles. The number of hydrogen-bond donors (Lipinski definition) is 2. The molecule has 0 aliphatic heterocycles. The van der Waals surface area contributed by atoms with Gasteiger partial charge in [0.2, 0.25) is 0 Å². The van der Waals surface area contributed by atoms with Gasteiger partial charge in [0.15, 0.2) is 5.65 Å². The fraction of sp³-hybridized carbons (Fsp3) is 0.455. The van der Waals surface area contributed by atoms with Gasteiger partial charge in [-0.15, -0.1) is 0 Å². The number of hydrogen-bond acceptors (Lipinski definition) is 3. The highest BCUT2D eigenvalue weighted by Crippen LogP contribution is 2.12. The molecule has 0 saturated heterocycles. The van der Waals surface area contributed by atoms with Gasteiger partial charge < -0.3 is 10.7 Å². The summed E-state index contributed by atoms with van der Waals surface area (Å²) in [6, 6.07) is 3.71. The Morgan fingerprint density at radius 2 is 2.13 bits per heavy atom. The summed E-state index contributed by atoms with van der Waals surface area (Å²) in [6.07, 6.45) is 4.63. The van der Waals surface area contributed by atoms with E-state index in [4.69, 9.17) is 5.73 Å². The Balaban J connectivity index is 2.16. The second kappa shape index (κ2) is 4.29. The van der Waals surface area contributed by atoms with Crippen molar-refractivity contribution >= 4 is 17.0 Å². The number of aromatic amines is 1. The smallest absolute Gasteiger partial charge is 0.179 e. The number of imidazole rings is 1. The lowest BCUT2D eigenvalue weighted by atomic mass is 10.2. The second-order valence-electron chi connectivity index (χ2n) is 3.75. The predicted molar refractivity (Wildman–Crippen MR) is 61.5 cm³/mol. The van der Waals surface area contributed by atoms with Crippen LogP contribution in [0.4, 0.5) is 5.82 Å². The quantitative estimate of drug-likeness (QED) is 0.751. The molecule has 2 rings (SSSR count). The van der Waals surface area contributed by atoms with E-state index >= 15 is 0 Å². The molecule has 0 aliphatic rings. The van der Waals surface area contributed by atoms with Crippen LogP contribution in [0.1, 0.15) is 32.0 Å². The maximum absolute atomic E-state index is 5.59. The van der Waals surface area contributed by atoms with Crippen LogP contribution in [0.3, 0.4) is 0 Å². The van der Waals surface area contributed by atoms with Crippen LogP contribution in [0, 0.1) is 0 Å². The van der Waals surface area contributed by atoms with Crippen molar-refractivity contribution in [2.45, 2.75) is 32.6 Å². The van der Waals surface area contributed by atoms with Crippen LogP contribution >= 0.6 is 0 Å². The second-order valence-corrected chi connectivity index (χ2v) is 3.75. The summed E-state index contributed by atoms with van der Waals surface area (Å²) in [6.45, 7) is 2.20. The van der Waals surface area contributed by atoms with Gasteiger partial charge in [0.1, 0.15) is 11.6 Å². The monoisotopic (exact) mass is 204 g/mol. The van der Waals surface area contributed by atoms with Crippen molar-refractivity contribution in [2.75, 3.05) is 5.73 Å². The number of aromatic nitrogens is 3. The van der Waals surface area contributed by atoms with E-state index in [1.54, 1.807) is 6.07 Å². The van der Waals surface area contributed by atoms with Crippen LogP contribution in [-0.4, -0.2) is 15.0 Å². The van der Waals surface area contributed by atoms with Crippen LogP contribution in [0.15, 0.2) is 12.1 Å². The highest BCUT2D eigenvalue weighted by Gasteiger charge is 2.03. The molecule has 0 aliphatic carbocycles. The Morgan fingerprint density at radius 3 is 2.93 bits per heavy atom. The van der Waals surface area contributed by atoms with Crippen molar-refractivity contribution in [3.63, 3.8) is 0 Å². The van der Waals surface area contributed by atoms with Crippen LogP contribution in [0.25, 0.3) is 11.2 Å². The largest absolute Gasteiger partial charge is 0.384 e. The zero-order chi connectivity index (χ0) is 10.7. The lowest BCUT2D eigenvalue weighted by Crippen LogP contribution is -1.89. The number of H-pyrrole nitrogens is 1. The van der Waals surface area contributed by atoms with Crippen LogP contribution < -0.4 is 5.73 Å². The topological polar surface area (TPSA) is 67.6 Å². The fourth-order valence-corrected chi connectivity index (χ4v) is 1.62. The Morgan fingerprint density at radius 1 is 1.27 bits per heavy atom. The lowest BCUT2D eigenvalue weighted by molar-refractivity contribution is 0.700. The first-order valence-electron chi connectivity index (χ1n) is 5.40. The van der Waals surface area contributed by atoms with Gasteiger partial charge in [0.25, 0.3) is 0 Å². The highest BCUT2D eigenvalue weighted by atomic mass is 15.0. The van der Waals surface area contributed by atoms with Crippen LogP contribution in [-0.2, 0) is 6.42 Å². The molecule has 4 heteroatoms. The molecule has 2 aromatic heterocycles. The molecule has 0 amide bonds. The molecular formula is C11H16N4. The number of nitrogens with one attached hydrogen (secondary N) is 1. The highest BCUT2D eigenvalue weighted by molar-refractivity contribution is 5.72. The first-order valence-corrected chi connectivity index (χ1v) is 5.40. The summed E-state index contributed by atoms with van der Waals surface area (Å²) in [4.78, 5) is 11.8. The third-order valence-corrected chi connectivity index (χ3v) is 2.43. The molecule has 0 atom stereocenters. The standard InChI is InChI=1S/C11H16N4/c1-2-3-4-5-10-13-8-6-7-9(12)14-11(8)15-10/h6-7H,2-5H2,1H3,(H3,12,13,14,15). The van der Waals surface area contributed by atoms with Crippen LogP contribution in [0.5, 0.6) is 0 Å². The van der Waals surface area contributed by atoms with Gasteiger partial charge in [-0.1, -0.05) is 19.8 Å². The minimum absolute atomic E-state index is 0.522. The summed E-state index contributed by atoms with van der Waals surface area (Å²) in [5.41, 5.74) is 7.28. The fourth-order valence-electron chi connectivity index (χ4n) is 1.62. The molecular weight excluding hydrogens is 188 g/mol. The maximum Gasteiger partial charge on any atom is 0.179 e. The Bertz CT molecular complexity index is 447. The van der Waals surface area contributed by atoms with Gasteiger partial charge in [-0.05, 0) is 18.6 Å². The number of nitrogen functional groups attached to an aromatic ring is 1. The number of nitrogens with two attached hydrogens (primary N) is 1. The number of nitrogens with zero attached hydrogens (tertiary/aromatic N) is 2. The predicted octanol–water partition coefficient (Wildman–Crippen LogP) is 2.27. The lowest BCUT2D eigenvalue weighted by Gasteiger charge is -1.93.